The molecule has 0 fully saturated rings. The smallest absolute Gasteiger partial charge is 2.00 e. The SMILES string of the molecule is [Cl][Sn]([Cl])([Cl])[Cl].[In+3].[In+3].[O-2].[O-2].[O-2]. The Labute approximate surface area is 115 Å². The topological polar surface area (TPSA) is 85.5 Å². The molecule has 0 aromatic heterocycles. The number of halogens is 4. The first-order chi connectivity index (χ1) is 2.00. The summed E-state index contributed by atoms with van der Waals surface area (Å²) in [4.78, 5) is 0. The van der Waals surface area contributed by atoms with Crippen LogP contribution in [0.3, 0.4) is 0 Å². The fourth-order valence-corrected chi connectivity index (χ4v) is 0. The second-order valence-electron chi connectivity index (χ2n) is 0.429. The quantitative estimate of drug-likeness (QED) is 0.417. The van der Waals surface area contributed by atoms with Gasteiger partial charge in [0.25, 0.3) is 0 Å². The summed E-state index contributed by atoms with van der Waals surface area (Å²) in [5.41, 5.74) is 0. The zero-order valence-corrected chi connectivity index (χ0v) is 16.9. The molecule has 0 amide bonds. The van der Waals surface area contributed by atoms with Crippen molar-refractivity contribution >= 4 is 101 Å². The van der Waals surface area contributed by atoms with Gasteiger partial charge < -0.3 is 16.4 Å². The van der Waals surface area contributed by atoms with Crippen molar-refractivity contribution in [3.8, 4) is 0 Å². The second kappa shape index (κ2) is 18.4. The molecule has 0 saturated heterocycles. The Morgan fingerprint density at radius 1 is 0.600 bits per heavy atom. The van der Waals surface area contributed by atoms with Gasteiger partial charge in [0.05, 0.1) is 0 Å². The van der Waals surface area contributed by atoms with E-state index in [-0.39, 0.29) is 68.1 Å². The van der Waals surface area contributed by atoms with Crippen LogP contribution in [0.15, 0.2) is 0 Å². The Morgan fingerprint density at radius 2 is 0.600 bits per heavy atom. The van der Waals surface area contributed by atoms with E-state index >= 15 is 0 Å². The van der Waals surface area contributed by atoms with E-state index in [0.29, 0.717) is 0 Å². The molecule has 0 aliphatic rings. The zero-order chi connectivity index (χ0) is 4.50. The number of rotatable bonds is 0. The second-order valence-corrected chi connectivity index (χ2v) is 25.9. The summed E-state index contributed by atoms with van der Waals surface area (Å²) in [6, 6.07) is 0. The summed E-state index contributed by atoms with van der Waals surface area (Å²) >= 11 is -3.29. The molecule has 0 aromatic rings. The van der Waals surface area contributed by atoms with Gasteiger partial charge in [0.15, 0.2) is 0 Å². The van der Waals surface area contributed by atoms with Crippen LogP contribution in [0, 0.1) is 0 Å². The molecule has 0 atom stereocenters. The predicted molar refractivity (Wildman–Crippen MR) is 42.7 cm³/mol. The Bertz CT molecular complexity index is 34.0. The summed E-state index contributed by atoms with van der Waals surface area (Å²) in [6.07, 6.45) is 0. The molecule has 0 bridgehead atoms. The summed E-state index contributed by atoms with van der Waals surface area (Å²) in [5.74, 6) is 0. The van der Waals surface area contributed by atoms with E-state index in [2.05, 4.69) is 0 Å². The van der Waals surface area contributed by atoms with Crippen molar-refractivity contribution in [2.45, 2.75) is 0 Å². The maximum absolute atomic E-state index is 5.04. The van der Waals surface area contributed by atoms with Crippen LogP contribution in [0.2, 0.25) is 0 Å². The van der Waals surface area contributed by atoms with Crippen molar-refractivity contribution in [3.63, 3.8) is 0 Å². The maximum atomic E-state index is 5.04. The first-order valence-electron chi connectivity index (χ1n) is 0.756. The van der Waals surface area contributed by atoms with Gasteiger partial charge >= 0.3 is 101 Å². The van der Waals surface area contributed by atoms with Crippen LogP contribution in [0.25, 0.3) is 0 Å². The van der Waals surface area contributed by atoms with Gasteiger partial charge in [-0.2, -0.15) is 0 Å². The molecule has 10 heavy (non-hydrogen) atoms. The van der Waals surface area contributed by atoms with Crippen LogP contribution in [0.4, 0.5) is 0 Å². The molecule has 0 spiro atoms. The first-order valence-corrected chi connectivity index (χ1v) is 15.2. The van der Waals surface area contributed by atoms with Gasteiger partial charge in [-0.3, -0.25) is 0 Å². The third-order valence-corrected chi connectivity index (χ3v) is 0. The minimum Gasteiger partial charge on any atom is -2.00 e. The summed E-state index contributed by atoms with van der Waals surface area (Å²) in [7, 11) is 20.1. The molecule has 10 heteroatoms. The fraction of sp³-hybridized carbons (Fsp3) is 0. The van der Waals surface area contributed by atoms with E-state index in [0.717, 1.165) is 0 Å². The minimum absolute atomic E-state index is 0. The van der Waals surface area contributed by atoms with Gasteiger partial charge in [-0.1, -0.05) is 0 Å². The van der Waals surface area contributed by atoms with Crippen molar-refractivity contribution in [1.29, 1.82) is 0 Å². The van der Waals surface area contributed by atoms with Crippen LogP contribution < -0.4 is 0 Å². The third-order valence-electron chi connectivity index (χ3n) is 0. The van der Waals surface area contributed by atoms with Crippen LogP contribution >= 0.6 is 35.7 Å². The molecule has 0 aliphatic carbocycles. The van der Waals surface area contributed by atoms with E-state index in [4.69, 9.17) is 35.7 Å². The Kier molecular flexibility index (Phi) is 68.8. The Morgan fingerprint density at radius 3 is 0.600 bits per heavy atom. The van der Waals surface area contributed by atoms with Gasteiger partial charge in [0.2, 0.25) is 0 Å². The molecular formula is Cl4In2O3Sn. The van der Waals surface area contributed by atoms with Gasteiger partial charge in [0.1, 0.15) is 0 Å². The van der Waals surface area contributed by atoms with E-state index < -0.39 is 13.9 Å². The van der Waals surface area contributed by atoms with Crippen molar-refractivity contribution in [1.82, 2.24) is 0 Å². The van der Waals surface area contributed by atoms with Crippen LogP contribution in [-0.4, -0.2) is 65.6 Å². The number of hydrogen-bond acceptors (Lipinski definition) is 0. The normalized spacial score (nSPS) is 6.00. The van der Waals surface area contributed by atoms with Crippen molar-refractivity contribution in [2.75, 3.05) is 0 Å². The molecule has 0 N–H and O–H groups in total. The Hall–Kier alpha value is 3.58. The van der Waals surface area contributed by atoms with Gasteiger partial charge in [-0.25, -0.2) is 0 Å². The van der Waals surface area contributed by atoms with Gasteiger partial charge in [-0.15, -0.1) is 0 Å². The molecule has 0 saturated carbocycles. The minimum atomic E-state index is -3.29. The molecular weight excluding hydrogens is 538 g/mol. The van der Waals surface area contributed by atoms with Crippen molar-refractivity contribution < 1.29 is 16.4 Å². The molecule has 0 aliphatic heterocycles. The molecule has 56 valence electrons. The zero-order valence-electron chi connectivity index (χ0n) is 4.39. The molecule has 3 nitrogen and oxygen atoms in total. The van der Waals surface area contributed by atoms with Crippen molar-refractivity contribution in [2.24, 2.45) is 0 Å². The monoisotopic (exact) mass is 538 g/mol. The molecule has 0 rings (SSSR count). The standard InChI is InChI=1S/4ClH.2In.3O.Sn/h4*1H;;;;;;/q;;;;2*+3;3*-2;+4/p-4. The molecule has 0 heterocycles. The predicted octanol–water partition coefficient (Wildman–Crippen LogP) is 1.26. The first kappa shape index (κ1) is 37.4. The average molecular weight is 538 g/mol. The molecule has 0 unspecified atom stereocenters. The largest absolute Gasteiger partial charge is 3.00 e. The fourth-order valence-electron chi connectivity index (χ4n) is 0. The third kappa shape index (κ3) is 101. The summed E-state index contributed by atoms with van der Waals surface area (Å²) in [6.45, 7) is 0. The Balaban J connectivity index is -0.00000000800. The van der Waals surface area contributed by atoms with E-state index in [1.54, 1.807) is 0 Å². The maximum Gasteiger partial charge on any atom is 3.00 e. The van der Waals surface area contributed by atoms with E-state index in [1.165, 1.54) is 0 Å². The van der Waals surface area contributed by atoms with Gasteiger partial charge in [0, 0.05) is 0 Å². The molecule has 0 aromatic carbocycles. The van der Waals surface area contributed by atoms with Crippen LogP contribution in [0.1, 0.15) is 0 Å². The van der Waals surface area contributed by atoms with Crippen molar-refractivity contribution in [3.05, 3.63) is 0 Å². The van der Waals surface area contributed by atoms with E-state index in [9.17, 15) is 0 Å². The van der Waals surface area contributed by atoms with E-state index in [1.807, 2.05) is 0 Å². The summed E-state index contributed by atoms with van der Waals surface area (Å²) < 4.78 is 0. The molecule has 0 radical (unpaired) electrons. The van der Waals surface area contributed by atoms with Gasteiger partial charge in [-0.05, 0) is 0 Å². The van der Waals surface area contributed by atoms with Crippen LogP contribution in [0.5, 0.6) is 0 Å². The summed E-state index contributed by atoms with van der Waals surface area (Å²) in [5, 5.41) is 0. The van der Waals surface area contributed by atoms with Crippen LogP contribution in [-0.2, 0) is 16.4 Å². The average Bonchev–Trinajstić information content (AvgIpc) is 0.722. The number of hydrogen-bond donors (Lipinski definition) is 0.